The molecule has 0 bridgehead atoms. The Bertz CT molecular complexity index is 653. The summed E-state index contributed by atoms with van der Waals surface area (Å²) in [5, 5.41) is 13.4. The van der Waals surface area contributed by atoms with Crippen LogP contribution in [0.15, 0.2) is 29.1 Å². The number of hydrogen-bond donors (Lipinski definition) is 3. The highest BCUT2D eigenvalue weighted by atomic mass is 16.3. The number of aromatic amines is 1. The van der Waals surface area contributed by atoms with Crippen molar-refractivity contribution in [1.82, 2.24) is 15.3 Å². The first-order chi connectivity index (χ1) is 9.72. The zero-order valence-electron chi connectivity index (χ0n) is 11.3. The number of nitrogens with one attached hydrogen (secondary N) is 2. The van der Waals surface area contributed by atoms with Crippen molar-refractivity contribution in [1.29, 1.82) is 0 Å². The van der Waals surface area contributed by atoms with E-state index in [1.165, 1.54) is 0 Å². The van der Waals surface area contributed by atoms with Crippen molar-refractivity contribution in [3.8, 4) is 0 Å². The highest BCUT2D eigenvalue weighted by Gasteiger charge is 2.22. The van der Waals surface area contributed by atoms with E-state index in [0.717, 1.165) is 31.3 Å². The van der Waals surface area contributed by atoms with Gasteiger partial charge in [0.15, 0.2) is 0 Å². The van der Waals surface area contributed by atoms with Crippen molar-refractivity contribution in [3.05, 3.63) is 40.4 Å². The molecule has 1 saturated carbocycles. The van der Waals surface area contributed by atoms with E-state index in [1.807, 2.05) is 18.2 Å². The average molecular weight is 273 g/mol. The molecular weight excluding hydrogens is 254 g/mol. The van der Waals surface area contributed by atoms with Gasteiger partial charge in [-0.15, -0.1) is 0 Å². The Morgan fingerprint density at radius 3 is 3.00 bits per heavy atom. The van der Waals surface area contributed by atoms with E-state index in [0.29, 0.717) is 23.7 Å². The summed E-state index contributed by atoms with van der Waals surface area (Å²) in [6, 6.07) is 7.34. The highest BCUT2D eigenvalue weighted by Crippen LogP contribution is 2.24. The number of aliphatic hydroxyl groups is 1. The van der Waals surface area contributed by atoms with Crippen LogP contribution in [0.5, 0.6) is 0 Å². The summed E-state index contributed by atoms with van der Waals surface area (Å²) in [7, 11) is 0. The van der Waals surface area contributed by atoms with Crippen LogP contribution in [0.4, 0.5) is 0 Å². The van der Waals surface area contributed by atoms with E-state index >= 15 is 0 Å². The van der Waals surface area contributed by atoms with Gasteiger partial charge in [0.1, 0.15) is 5.82 Å². The van der Waals surface area contributed by atoms with Crippen LogP contribution in [0.2, 0.25) is 0 Å². The number of aliphatic hydroxyl groups excluding tert-OH is 1. The van der Waals surface area contributed by atoms with Crippen LogP contribution < -0.4 is 10.9 Å². The molecule has 20 heavy (non-hydrogen) atoms. The minimum Gasteiger partial charge on any atom is -0.393 e. The Morgan fingerprint density at radius 2 is 2.20 bits per heavy atom. The van der Waals surface area contributed by atoms with Crippen LogP contribution in [-0.4, -0.2) is 27.7 Å². The summed E-state index contributed by atoms with van der Waals surface area (Å²) in [4.78, 5) is 19.2. The predicted octanol–water partition coefficient (Wildman–Crippen LogP) is 1.17. The van der Waals surface area contributed by atoms with E-state index < -0.39 is 0 Å². The molecule has 1 aliphatic rings. The first kappa shape index (κ1) is 13.3. The Balaban J connectivity index is 1.64. The van der Waals surface area contributed by atoms with Crippen LogP contribution in [0.25, 0.3) is 10.9 Å². The molecule has 2 aromatic rings. The molecule has 0 saturated heterocycles. The number of aromatic nitrogens is 2. The van der Waals surface area contributed by atoms with Crippen molar-refractivity contribution in [2.24, 2.45) is 5.92 Å². The predicted molar refractivity (Wildman–Crippen MR) is 77.4 cm³/mol. The lowest BCUT2D eigenvalue weighted by Gasteiger charge is -2.10. The van der Waals surface area contributed by atoms with Gasteiger partial charge in [-0.2, -0.15) is 0 Å². The number of para-hydroxylation sites is 1. The van der Waals surface area contributed by atoms with E-state index in [-0.39, 0.29) is 11.7 Å². The minimum absolute atomic E-state index is 0.0938. The van der Waals surface area contributed by atoms with Gasteiger partial charge in [-0.1, -0.05) is 12.1 Å². The molecule has 1 fully saturated rings. The van der Waals surface area contributed by atoms with Gasteiger partial charge in [-0.25, -0.2) is 4.98 Å². The number of nitrogens with zero attached hydrogens (tertiary/aromatic N) is 1. The molecule has 3 rings (SSSR count). The molecule has 0 spiro atoms. The van der Waals surface area contributed by atoms with Crippen LogP contribution in [0.3, 0.4) is 0 Å². The first-order valence-corrected chi connectivity index (χ1v) is 7.09. The second-order valence-electron chi connectivity index (χ2n) is 5.49. The second-order valence-corrected chi connectivity index (χ2v) is 5.49. The van der Waals surface area contributed by atoms with Crippen molar-refractivity contribution >= 4 is 10.9 Å². The molecule has 2 unspecified atom stereocenters. The molecule has 2 atom stereocenters. The lowest BCUT2D eigenvalue weighted by atomic mass is 10.1. The van der Waals surface area contributed by atoms with Crippen LogP contribution in [-0.2, 0) is 6.54 Å². The largest absolute Gasteiger partial charge is 0.393 e. The van der Waals surface area contributed by atoms with Gasteiger partial charge in [0.05, 0.1) is 23.6 Å². The number of hydrogen-bond acceptors (Lipinski definition) is 4. The summed E-state index contributed by atoms with van der Waals surface area (Å²) in [5.41, 5.74) is 0.632. The topological polar surface area (TPSA) is 78.0 Å². The second kappa shape index (κ2) is 5.73. The van der Waals surface area contributed by atoms with Gasteiger partial charge in [0.2, 0.25) is 0 Å². The zero-order chi connectivity index (χ0) is 13.9. The monoisotopic (exact) mass is 273 g/mol. The van der Waals surface area contributed by atoms with E-state index in [4.69, 9.17) is 0 Å². The van der Waals surface area contributed by atoms with Crippen molar-refractivity contribution in [2.45, 2.75) is 31.9 Å². The summed E-state index contributed by atoms with van der Waals surface area (Å²) >= 11 is 0. The maximum absolute atomic E-state index is 11.9. The van der Waals surface area contributed by atoms with E-state index in [2.05, 4.69) is 15.3 Å². The molecule has 1 aromatic carbocycles. The fourth-order valence-electron chi connectivity index (χ4n) is 2.85. The first-order valence-electron chi connectivity index (χ1n) is 7.09. The summed E-state index contributed by atoms with van der Waals surface area (Å²) < 4.78 is 0. The highest BCUT2D eigenvalue weighted by molar-refractivity contribution is 5.77. The minimum atomic E-state index is -0.139. The number of rotatable bonds is 4. The molecule has 3 N–H and O–H groups in total. The molecule has 1 aromatic heterocycles. The zero-order valence-corrected chi connectivity index (χ0v) is 11.3. The maximum Gasteiger partial charge on any atom is 0.258 e. The van der Waals surface area contributed by atoms with Crippen molar-refractivity contribution in [2.75, 3.05) is 6.54 Å². The lowest BCUT2D eigenvalue weighted by Crippen LogP contribution is -2.24. The molecule has 1 heterocycles. The quantitative estimate of drug-likeness (QED) is 0.781. The SMILES string of the molecule is O=c1[nH]c(CNCC2CCC(O)C2)nc2ccccc12. The Morgan fingerprint density at radius 1 is 1.35 bits per heavy atom. The summed E-state index contributed by atoms with van der Waals surface area (Å²) in [6.45, 7) is 1.40. The van der Waals surface area contributed by atoms with Crippen LogP contribution in [0.1, 0.15) is 25.1 Å². The molecule has 106 valence electrons. The smallest absolute Gasteiger partial charge is 0.258 e. The summed E-state index contributed by atoms with van der Waals surface area (Å²) in [6.07, 6.45) is 2.70. The maximum atomic E-state index is 11.9. The van der Waals surface area contributed by atoms with Gasteiger partial charge in [0, 0.05) is 0 Å². The number of H-pyrrole nitrogens is 1. The van der Waals surface area contributed by atoms with Gasteiger partial charge < -0.3 is 15.4 Å². The standard InChI is InChI=1S/C15H19N3O2/c19-11-6-5-10(7-11)8-16-9-14-17-13-4-2-1-3-12(13)15(20)18-14/h1-4,10-11,16,19H,5-9H2,(H,17,18,20). The van der Waals surface area contributed by atoms with Gasteiger partial charge in [-0.3, -0.25) is 4.79 Å². The Hall–Kier alpha value is -1.72. The molecule has 0 aliphatic heterocycles. The third-order valence-corrected chi connectivity index (χ3v) is 3.90. The number of benzene rings is 1. The average Bonchev–Trinajstić information content (AvgIpc) is 2.85. The lowest BCUT2D eigenvalue weighted by molar-refractivity contribution is 0.177. The molecular formula is C15H19N3O2. The Labute approximate surface area is 117 Å². The number of fused-ring (bicyclic) bond motifs is 1. The van der Waals surface area contributed by atoms with Crippen molar-refractivity contribution < 1.29 is 5.11 Å². The molecule has 5 nitrogen and oxygen atoms in total. The third kappa shape index (κ3) is 2.89. The van der Waals surface area contributed by atoms with E-state index in [9.17, 15) is 9.90 Å². The molecule has 1 aliphatic carbocycles. The molecule has 0 amide bonds. The fraction of sp³-hybridized carbons (Fsp3) is 0.467. The third-order valence-electron chi connectivity index (χ3n) is 3.90. The molecule has 0 radical (unpaired) electrons. The summed E-state index contributed by atoms with van der Waals surface area (Å²) in [5.74, 6) is 1.18. The van der Waals surface area contributed by atoms with Crippen LogP contribution in [0, 0.1) is 5.92 Å². The van der Waals surface area contributed by atoms with Gasteiger partial charge in [0.25, 0.3) is 5.56 Å². The molecule has 5 heteroatoms. The van der Waals surface area contributed by atoms with Crippen molar-refractivity contribution in [3.63, 3.8) is 0 Å². The Kier molecular flexibility index (Phi) is 3.80. The van der Waals surface area contributed by atoms with E-state index in [1.54, 1.807) is 6.07 Å². The fourth-order valence-corrected chi connectivity index (χ4v) is 2.85. The van der Waals surface area contributed by atoms with Gasteiger partial charge in [-0.05, 0) is 43.9 Å². The normalized spacial score (nSPS) is 22.4. The van der Waals surface area contributed by atoms with Crippen LogP contribution >= 0.6 is 0 Å². The van der Waals surface area contributed by atoms with Gasteiger partial charge >= 0.3 is 0 Å².